The highest BCUT2D eigenvalue weighted by molar-refractivity contribution is 7.98. The van der Waals surface area contributed by atoms with Crippen molar-refractivity contribution in [1.29, 1.82) is 0 Å². The topological polar surface area (TPSA) is 64.9 Å². The van der Waals surface area contributed by atoms with Crippen LogP contribution < -0.4 is 5.73 Å². The lowest BCUT2D eigenvalue weighted by Gasteiger charge is -1.98. The maximum Gasteiger partial charge on any atom is 0.236 e. The van der Waals surface area contributed by atoms with Crippen molar-refractivity contribution in [3.05, 3.63) is 36.5 Å². The number of anilines is 1. The second kappa shape index (κ2) is 4.15. The summed E-state index contributed by atoms with van der Waals surface area (Å²) in [5, 5.41) is 3.53. The lowest BCUT2D eigenvalue weighted by atomic mass is 10.3. The molecular weight excluding hydrogens is 198 g/mol. The number of hydrogen-bond acceptors (Lipinski definition) is 5. The Labute approximate surface area is 85.5 Å². The van der Waals surface area contributed by atoms with Gasteiger partial charge in [0.2, 0.25) is 5.89 Å². The van der Waals surface area contributed by atoms with E-state index in [0.29, 0.717) is 11.6 Å². The zero-order chi connectivity index (χ0) is 9.80. The van der Waals surface area contributed by atoms with Crippen LogP contribution in [-0.2, 0) is 5.75 Å². The zero-order valence-electron chi connectivity index (χ0n) is 7.38. The summed E-state index contributed by atoms with van der Waals surface area (Å²) in [4.78, 5) is 5.02. The molecule has 5 heteroatoms. The number of rotatable bonds is 3. The number of aromatic nitrogens is 2. The Morgan fingerprint density at radius 2 is 2.36 bits per heavy atom. The molecule has 1 aromatic carbocycles. The molecule has 0 unspecified atom stereocenters. The van der Waals surface area contributed by atoms with Crippen LogP contribution in [-0.4, -0.2) is 10.1 Å². The molecule has 0 spiro atoms. The van der Waals surface area contributed by atoms with Gasteiger partial charge in [-0.25, -0.2) is 0 Å². The van der Waals surface area contributed by atoms with Crippen LogP contribution in [0.1, 0.15) is 5.89 Å². The summed E-state index contributed by atoms with van der Waals surface area (Å²) in [6.07, 6.45) is 1.40. The van der Waals surface area contributed by atoms with Gasteiger partial charge in [0.1, 0.15) is 0 Å². The van der Waals surface area contributed by atoms with E-state index < -0.39 is 0 Å². The molecule has 0 aliphatic heterocycles. The fraction of sp³-hybridized carbons (Fsp3) is 0.111. The van der Waals surface area contributed by atoms with E-state index in [2.05, 4.69) is 10.1 Å². The average Bonchev–Trinajstić information content (AvgIpc) is 2.67. The first kappa shape index (κ1) is 9.08. The lowest BCUT2D eigenvalue weighted by molar-refractivity contribution is 0.390. The molecule has 0 amide bonds. The number of benzene rings is 1. The largest absolute Gasteiger partial charge is 0.399 e. The Morgan fingerprint density at radius 3 is 3.07 bits per heavy atom. The first-order valence-electron chi connectivity index (χ1n) is 4.08. The molecule has 1 aromatic heterocycles. The normalized spacial score (nSPS) is 10.3. The third-order valence-electron chi connectivity index (χ3n) is 1.63. The summed E-state index contributed by atoms with van der Waals surface area (Å²) in [6, 6.07) is 7.70. The fourth-order valence-electron chi connectivity index (χ4n) is 1.01. The molecule has 2 aromatic rings. The molecule has 0 fully saturated rings. The number of nitrogen functional groups attached to an aromatic ring is 1. The standard InChI is InChI=1S/C9H9N3OS/c10-7-2-1-3-8(4-7)14-5-9-11-6-12-13-9/h1-4,6H,5,10H2. The van der Waals surface area contributed by atoms with Crippen LogP contribution in [0.25, 0.3) is 0 Å². The molecule has 0 saturated heterocycles. The van der Waals surface area contributed by atoms with Crippen LogP contribution in [0.2, 0.25) is 0 Å². The minimum absolute atomic E-state index is 0.623. The minimum Gasteiger partial charge on any atom is -0.399 e. The molecule has 0 atom stereocenters. The Hall–Kier alpha value is -1.49. The molecule has 1 heterocycles. The van der Waals surface area contributed by atoms with Gasteiger partial charge in [-0.15, -0.1) is 11.8 Å². The van der Waals surface area contributed by atoms with Crippen LogP contribution in [0.15, 0.2) is 40.0 Å². The summed E-state index contributed by atoms with van der Waals surface area (Å²) in [6.45, 7) is 0. The molecule has 0 aliphatic rings. The van der Waals surface area contributed by atoms with Crippen molar-refractivity contribution in [2.75, 3.05) is 5.73 Å². The van der Waals surface area contributed by atoms with E-state index in [1.807, 2.05) is 24.3 Å². The predicted molar refractivity (Wildman–Crippen MR) is 54.7 cm³/mol. The van der Waals surface area contributed by atoms with Crippen LogP contribution in [0.4, 0.5) is 5.69 Å². The van der Waals surface area contributed by atoms with Crippen molar-refractivity contribution in [2.45, 2.75) is 10.6 Å². The summed E-state index contributed by atoms with van der Waals surface area (Å²) in [5.41, 5.74) is 6.41. The number of nitrogens with two attached hydrogens (primary N) is 1. The molecule has 4 nitrogen and oxygen atoms in total. The monoisotopic (exact) mass is 207 g/mol. The van der Waals surface area contributed by atoms with Gasteiger partial charge in [0.25, 0.3) is 0 Å². The first-order valence-corrected chi connectivity index (χ1v) is 5.07. The van der Waals surface area contributed by atoms with Crippen molar-refractivity contribution in [2.24, 2.45) is 0 Å². The molecule has 0 bridgehead atoms. The predicted octanol–water partition coefficient (Wildman–Crippen LogP) is 1.94. The van der Waals surface area contributed by atoms with E-state index in [4.69, 9.17) is 10.3 Å². The highest BCUT2D eigenvalue weighted by Gasteiger charge is 2.00. The Bertz CT molecular complexity index is 402. The number of nitrogens with zero attached hydrogens (tertiary/aromatic N) is 2. The Morgan fingerprint density at radius 1 is 1.43 bits per heavy atom. The molecule has 14 heavy (non-hydrogen) atoms. The third kappa shape index (κ3) is 2.26. The fourth-order valence-corrected chi connectivity index (χ4v) is 1.82. The average molecular weight is 207 g/mol. The van der Waals surface area contributed by atoms with Crippen molar-refractivity contribution < 1.29 is 4.52 Å². The van der Waals surface area contributed by atoms with E-state index in [1.54, 1.807) is 11.8 Å². The molecule has 0 saturated carbocycles. The van der Waals surface area contributed by atoms with Crippen molar-refractivity contribution in [1.82, 2.24) is 10.1 Å². The van der Waals surface area contributed by atoms with Gasteiger partial charge in [0.15, 0.2) is 6.33 Å². The highest BCUT2D eigenvalue weighted by atomic mass is 32.2. The van der Waals surface area contributed by atoms with E-state index in [-0.39, 0.29) is 0 Å². The van der Waals surface area contributed by atoms with Gasteiger partial charge >= 0.3 is 0 Å². The second-order valence-electron chi connectivity index (χ2n) is 2.70. The maximum atomic E-state index is 5.64. The quantitative estimate of drug-likeness (QED) is 0.615. The Balaban J connectivity index is 1.98. The van der Waals surface area contributed by atoms with Gasteiger partial charge < -0.3 is 10.3 Å². The summed E-state index contributed by atoms with van der Waals surface area (Å²) < 4.78 is 4.87. The molecule has 2 N–H and O–H groups in total. The summed E-state index contributed by atoms with van der Waals surface area (Å²) in [7, 11) is 0. The van der Waals surface area contributed by atoms with Crippen LogP contribution in [0.5, 0.6) is 0 Å². The van der Waals surface area contributed by atoms with Crippen LogP contribution in [0, 0.1) is 0 Å². The van der Waals surface area contributed by atoms with Crippen molar-refractivity contribution >= 4 is 17.4 Å². The smallest absolute Gasteiger partial charge is 0.236 e. The lowest BCUT2D eigenvalue weighted by Crippen LogP contribution is -1.84. The van der Waals surface area contributed by atoms with Gasteiger partial charge in [-0.2, -0.15) is 4.98 Å². The van der Waals surface area contributed by atoms with Crippen molar-refractivity contribution in [3.63, 3.8) is 0 Å². The first-order chi connectivity index (χ1) is 6.84. The number of thioether (sulfide) groups is 1. The summed E-state index contributed by atoms with van der Waals surface area (Å²) in [5.74, 6) is 1.29. The van der Waals surface area contributed by atoms with Crippen LogP contribution in [0.3, 0.4) is 0 Å². The van der Waals surface area contributed by atoms with E-state index in [1.165, 1.54) is 6.33 Å². The molecule has 0 radical (unpaired) electrons. The molecule has 2 rings (SSSR count). The van der Waals surface area contributed by atoms with Crippen LogP contribution >= 0.6 is 11.8 Å². The van der Waals surface area contributed by atoms with E-state index >= 15 is 0 Å². The van der Waals surface area contributed by atoms with E-state index in [9.17, 15) is 0 Å². The highest BCUT2D eigenvalue weighted by Crippen LogP contribution is 2.23. The van der Waals surface area contributed by atoms with E-state index in [0.717, 1.165) is 10.6 Å². The van der Waals surface area contributed by atoms with Gasteiger partial charge in [-0.1, -0.05) is 11.2 Å². The summed E-state index contributed by atoms with van der Waals surface area (Å²) >= 11 is 1.62. The van der Waals surface area contributed by atoms with Gasteiger partial charge in [-0.05, 0) is 18.2 Å². The second-order valence-corrected chi connectivity index (χ2v) is 3.74. The SMILES string of the molecule is Nc1cccc(SCc2ncno2)c1. The third-order valence-corrected chi connectivity index (χ3v) is 2.61. The Kier molecular flexibility index (Phi) is 2.69. The number of hydrogen-bond donors (Lipinski definition) is 1. The molecule has 0 aliphatic carbocycles. The molecular formula is C9H9N3OS. The van der Waals surface area contributed by atoms with Crippen molar-refractivity contribution in [3.8, 4) is 0 Å². The van der Waals surface area contributed by atoms with Gasteiger partial charge in [-0.3, -0.25) is 0 Å². The maximum absolute atomic E-state index is 5.64. The van der Waals surface area contributed by atoms with Gasteiger partial charge in [0, 0.05) is 10.6 Å². The zero-order valence-corrected chi connectivity index (χ0v) is 8.20. The minimum atomic E-state index is 0.623. The molecule has 72 valence electrons. The van der Waals surface area contributed by atoms with Gasteiger partial charge in [0.05, 0.1) is 5.75 Å².